The van der Waals surface area contributed by atoms with Gasteiger partial charge >= 0.3 is 0 Å². The smallest absolute Gasteiger partial charge is 0.276 e. The standard InChI is InChI=1S/C18H18N4O3S/c1-21-9-8-12-14(10-21)26-18-16(12)17(23)19-15(20-18)7-6-11-4-2-3-5-13(11)22(24)25/h2-7,15,20H,8-10H2,1H3,(H,19,23)/b7-6-/t15-/m0/s1. The maximum Gasteiger partial charge on any atom is 0.276 e. The molecule has 2 aromatic rings. The lowest BCUT2D eigenvalue weighted by molar-refractivity contribution is -0.385. The fourth-order valence-electron chi connectivity index (χ4n) is 3.35. The monoisotopic (exact) mass is 370 g/mol. The van der Waals surface area contributed by atoms with Crippen LogP contribution in [0.15, 0.2) is 30.3 Å². The molecule has 4 rings (SSSR count). The number of rotatable bonds is 3. The summed E-state index contributed by atoms with van der Waals surface area (Å²) in [5, 5.41) is 18.2. The van der Waals surface area contributed by atoms with Gasteiger partial charge in [-0.3, -0.25) is 14.9 Å². The topological polar surface area (TPSA) is 87.5 Å². The molecule has 0 saturated carbocycles. The third kappa shape index (κ3) is 2.97. The Balaban J connectivity index is 1.59. The second kappa shape index (κ2) is 6.54. The lowest BCUT2D eigenvalue weighted by Gasteiger charge is -2.25. The number of hydrogen-bond donors (Lipinski definition) is 2. The fourth-order valence-corrected chi connectivity index (χ4v) is 4.72. The van der Waals surface area contributed by atoms with E-state index in [1.807, 2.05) is 0 Å². The van der Waals surface area contributed by atoms with Gasteiger partial charge in [-0.2, -0.15) is 0 Å². The highest BCUT2D eigenvalue weighted by Crippen LogP contribution is 2.38. The second-order valence-electron chi connectivity index (χ2n) is 6.47. The third-order valence-electron chi connectivity index (χ3n) is 4.65. The number of anilines is 1. The van der Waals surface area contributed by atoms with E-state index in [1.54, 1.807) is 41.7 Å². The lowest BCUT2D eigenvalue weighted by Crippen LogP contribution is -2.43. The number of hydrogen-bond acceptors (Lipinski definition) is 6. The molecule has 1 atom stereocenters. The Kier molecular flexibility index (Phi) is 4.21. The van der Waals surface area contributed by atoms with Crippen molar-refractivity contribution in [3.63, 3.8) is 0 Å². The molecule has 2 N–H and O–H groups in total. The summed E-state index contributed by atoms with van der Waals surface area (Å²) in [6.45, 7) is 1.81. The number of carbonyl (C=O) groups is 1. The first-order chi connectivity index (χ1) is 12.5. The van der Waals surface area contributed by atoms with Crippen LogP contribution in [0.1, 0.15) is 26.4 Å². The molecule has 0 spiro atoms. The Labute approximate surface area is 154 Å². The van der Waals surface area contributed by atoms with Crippen molar-refractivity contribution < 1.29 is 9.72 Å². The molecule has 1 aromatic heterocycles. The van der Waals surface area contributed by atoms with Gasteiger partial charge in [-0.15, -0.1) is 11.3 Å². The van der Waals surface area contributed by atoms with E-state index in [4.69, 9.17) is 0 Å². The van der Waals surface area contributed by atoms with E-state index >= 15 is 0 Å². The average molecular weight is 370 g/mol. The molecule has 26 heavy (non-hydrogen) atoms. The van der Waals surface area contributed by atoms with E-state index in [9.17, 15) is 14.9 Å². The first kappa shape index (κ1) is 16.7. The van der Waals surface area contributed by atoms with Crippen LogP contribution < -0.4 is 10.6 Å². The number of thiophene rings is 1. The number of nitro benzene ring substituents is 1. The molecule has 0 radical (unpaired) electrons. The number of fused-ring (bicyclic) bond motifs is 3. The van der Waals surface area contributed by atoms with E-state index in [0.29, 0.717) is 5.56 Å². The summed E-state index contributed by atoms with van der Waals surface area (Å²) < 4.78 is 0. The number of carbonyl (C=O) groups excluding carboxylic acids is 1. The molecule has 7 nitrogen and oxygen atoms in total. The largest absolute Gasteiger partial charge is 0.353 e. The average Bonchev–Trinajstić information content (AvgIpc) is 2.97. The van der Waals surface area contributed by atoms with Gasteiger partial charge in [0.1, 0.15) is 11.2 Å². The zero-order valence-corrected chi connectivity index (χ0v) is 15.0. The normalized spacial score (nSPS) is 19.6. The fraction of sp³-hybridized carbons (Fsp3) is 0.278. The van der Waals surface area contributed by atoms with Gasteiger partial charge in [-0.25, -0.2) is 0 Å². The molecular weight excluding hydrogens is 352 g/mol. The summed E-state index contributed by atoms with van der Waals surface area (Å²) in [6.07, 6.45) is 3.90. The van der Waals surface area contributed by atoms with Crippen LogP contribution in [0.5, 0.6) is 0 Å². The van der Waals surface area contributed by atoms with Crippen LogP contribution in [0, 0.1) is 10.1 Å². The van der Waals surface area contributed by atoms with Crippen LogP contribution >= 0.6 is 11.3 Å². The molecule has 0 fully saturated rings. The summed E-state index contributed by atoms with van der Waals surface area (Å²) in [7, 11) is 2.08. The lowest BCUT2D eigenvalue weighted by atomic mass is 10.0. The van der Waals surface area contributed by atoms with E-state index in [-0.39, 0.29) is 11.6 Å². The van der Waals surface area contributed by atoms with Gasteiger partial charge < -0.3 is 15.5 Å². The van der Waals surface area contributed by atoms with Crippen LogP contribution in [-0.2, 0) is 13.0 Å². The summed E-state index contributed by atoms with van der Waals surface area (Å²) in [5.74, 6) is -0.0852. The highest BCUT2D eigenvalue weighted by molar-refractivity contribution is 7.16. The van der Waals surface area contributed by atoms with E-state index in [1.165, 1.54) is 10.9 Å². The molecule has 0 saturated heterocycles. The van der Waals surface area contributed by atoms with Crippen LogP contribution in [-0.4, -0.2) is 35.5 Å². The maximum atomic E-state index is 12.6. The zero-order chi connectivity index (χ0) is 18.3. The third-order valence-corrected chi connectivity index (χ3v) is 5.80. The van der Waals surface area contributed by atoms with Gasteiger partial charge in [0.05, 0.1) is 16.1 Å². The van der Waals surface area contributed by atoms with Gasteiger partial charge in [0.15, 0.2) is 0 Å². The van der Waals surface area contributed by atoms with E-state index < -0.39 is 11.1 Å². The number of nitrogens with zero attached hydrogens (tertiary/aromatic N) is 2. The van der Waals surface area contributed by atoms with Gasteiger partial charge in [-0.1, -0.05) is 12.1 Å². The number of benzene rings is 1. The quantitative estimate of drug-likeness (QED) is 0.641. The second-order valence-corrected chi connectivity index (χ2v) is 7.57. The molecule has 3 heterocycles. The first-order valence-corrected chi connectivity index (χ1v) is 9.16. The van der Waals surface area contributed by atoms with Gasteiger partial charge in [0, 0.05) is 24.0 Å². The van der Waals surface area contributed by atoms with Crippen LogP contribution in [0.2, 0.25) is 0 Å². The number of para-hydroxylation sites is 1. The summed E-state index contributed by atoms with van der Waals surface area (Å²) in [6, 6.07) is 6.54. The number of amides is 1. The van der Waals surface area contributed by atoms with Gasteiger partial charge in [-0.05, 0) is 37.3 Å². The van der Waals surface area contributed by atoms with Crippen molar-refractivity contribution in [2.45, 2.75) is 19.1 Å². The molecule has 134 valence electrons. The molecule has 8 heteroatoms. The molecule has 0 bridgehead atoms. The number of nitro groups is 1. The van der Waals surface area contributed by atoms with E-state index in [2.05, 4.69) is 22.6 Å². The molecular formula is C18H18N4O3S. The molecule has 2 aliphatic rings. The van der Waals surface area contributed by atoms with Crippen molar-refractivity contribution in [2.24, 2.45) is 0 Å². The maximum absolute atomic E-state index is 12.6. The Morgan fingerprint density at radius 3 is 2.96 bits per heavy atom. The Morgan fingerprint density at radius 1 is 1.35 bits per heavy atom. The van der Waals surface area contributed by atoms with Crippen molar-refractivity contribution in [3.05, 3.63) is 62.0 Å². The molecule has 0 aliphatic carbocycles. The van der Waals surface area contributed by atoms with Gasteiger partial charge in [0.2, 0.25) is 0 Å². The Bertz CT molecular complexity index is 921. The zero-order valence-electron chi connectivity index (χ0n) is 14.2. The predicted octanol–water partition coefficient (Wildman–Crippen LogP) is 2.84. The van der Waals surface area contributed by atoms with Crippen LogP contribution in [0.25, 0.3) is 6.08 Å². The van der Waals surface area contributed by atoms with Gasteiger partial charge in [0.25, 0.3) is 11.6 Å². The van der Waals surface area contributed by atoms with Crippen molar-refractivity contribution in [1.29, 1.82) is 0 Å². The Morgan fingerprint density at radius 2 is 2.15 bits per heavy atom. The van der Waals surface area contributed by atoms with Crippen molar-refractivity contribution in [2.75, 3.05) is 18.9 Å². The van der Waals surface area contributed by atoms with Crippen molar-refractivity contribution in [3.8, 4) is 0 Å². The molecule has 1 amide bonds. The highest BCUT2D eigenvalue weighted by atomic mass is 32.1. The van der Waals surface area contributed by atoms with Crippen molar-refractivity contribution >= 4 is 34.0 Å². The SMILES string of the molecule is CN1CCc2c(sc3c2C(=O)N[C@H](/C=C\c2ccccc2[N+](=O)[O-])N3)C1. The van der Waals surface area contributed by atoms with Crippen LogP contribution in [0.4, 0.5) is 10.7 Å². The minimum atomic E-state index is -0.408. The van der Waals surface area contributed by atoms with Crippen LogP contribution in [0.3, 0.4) is 0 Å². The first-order valence-electron chi connectivity index (χ1n) is 8.35. The summed E-state index contributed by atoms with van der Waals surface area (Å²) in [4.78, 5) is 26.8. The predicted molar refractivity (Wildman–Crippen MR) is 101 cm³/mol. The minimum Gasteiger partial charge on any atom is -0.353 e. The number of likely N-dealkylation sites (N-methyl/N-ethyl adjacent to an activating group) is 1. The summed E-state index contributed by atoms with van der Waals surface area (Å²) in [5.41, 5.74) is 2.45. The minimum absolute atomic E-state index is 0.0428. The molecule has 1 aromatic carbocycles. The molecule has 2 aliphatic heterocycles. The molecule has 0 unspecified atom stereocenters. The van der Waals surface area contributed by atoms with Crippen molar-refractivity contribution in [1.82, 2.24) is 10.2 Å². The Hall–Kier alpha value is -2.71. The highest BCUT2D eigenvalue weighted by Gasteiger charge is 2.31. The number of nitrogens with one attached hydrogen (secondary N) is 2. The summed E-state index contributed by atoms with van der Waals surface area (Å²) >= 11 is 1.62. The van der Waals surface area contributed by atoms with E-state index in [0.717, 1.165) is 35.6 Å².